The second kappa shape index (κ2) is 8.62. The van der Waals surface area contributed by atoms with Gasteiger partial charge < -0.3 is 20.2 Å². The number of hydrogen-bond acceptors (Lipinski definition) is 5. The summed E-state index contributed by atoms with van der Waals surface area (Å²) in [5, 5.41) is 8.27. The maximum Gasteiger partial charge on any atom is 0.320 e. The summed E-state index contributed by atoms with van der Waals surface area (Å²) in [5.41, 5.74) is 7.46. The highest BCUT2D eigenvalue weighted by Crippen LogP contribution is 2.59. The van der Waals surface area contributed by atoms with Crippen molar-refractivity contribution in [3.63, 3.8) is 0 Å². The van der Waals surface area contributed by atoms with Crippen LogP contribution in [0.3, 0.4) is 0 Å². The van der Waals surface area contributed by atoms with Crippen LogP contribution >= 0.6 is 7.37 Å². The Morgan fingerprint density at radius 1 is 1.25 bits per heavy atom. The largest absolute Gasteiger partial charge is 0.480 e. The van der Waals surface area contributed by atoms with Gasteiger partial charge in [0.05, 0.1) is 6.26 Å². The van der Waals surface area contributed by atoms with Gasteiger partial charge in [-0.15, -0.1) is 0 Å². The molecule has 0 radical (unpaired) electrons. The number of rotatable bonds is 8. The van der Waals surface area contributed by atoms with E-state index < -0.39 is 18.5 Å². The Bertz CT molecular complexity index is 854. The minimum Gasteiger partial charge on any atom is -0.480 e. The first-order chi connectivity index (χ1) is 13.4. The molecule has 28 heavy (non-hydrogen) atoms. The molecule has 0 bridgehead atoms. The molecule has 2 atom stereocenters. The first-order valence-electron chi connectivity index (χ1n) is 9.49. The monoisotopic (exact) mass is 406 g/mol. The number of nitrogens with zero attached hydrogens (tertiary/aromatic N) is 1. The number of carbonyl (C=O) groups is 1. The Morgan fingerprint density at radius 3 is 2.71 bits per heavy atom. The molecule has 8 heteroatoms. The zero-order valence-corrected chi connectivity index (χ0v) is 16.7. The number of carboxylic acid groups (broad SMARTS) is 1. The molecule has 0 spiro atoms. The quantitative estimate of drug-likeness (QED) is 0.456. The van der Waals surface area contributed by atoms with Crippen LogP contribution in [0.15, 0.2) is 47.1 Å². The predicted octanol–water partition coefficient (Wildman–Crippen LogP) is 2.99. The minimum atomic E-state index is -3.83. The van der Waals surface area contributed by atoms with Gasteiger partial charge in [0.1, 0.15) is 5.76 Å². The summed E-state index contributed by atoms with van der Waals surface area (Å²) in [6.07, 6.45) is 2.90. The van der Waals surface area contributed by atoms with Crippen LogP contribution in [0, 0.1) is 0 Å². The molecule has 1 aliphatic rings. The van der Waals surface area contributed by atoms with Crippen LogP contribution in [0.2, 0.25) is 0 Å². The van der Waals surface area contributed by atoms with Crippen molar-refractivity contribution in [2.45, 2.75) is 31.0 Å². The molecule has 1 aliphatic heterocycles. The molecule has 2 unspecified atom stereocenters. The molecule has 152 valence electrons. The Morgan fingerprint density at radius 2 is 2.04 bits per heavy atom. The molecule has 1 fully saturated rings. The molecule has 3 rings (SSSR count). The molecule has 7 nitrogen and oxygen atoms in total. The van der Waals surface area contributed by atoms with E-state index in [0.717, 1.165) is 16.9 Å². The van der Waals surface area contributed by atoms with Gasteiger partial charge in [-0.1, -0.05) is 30.7 Å². The van der Waals surface area contributed by atoms with Gasteiger partial charge in [0.15, 0.2) is 5.16 Å². The van der Waals surface area contributed by atoms with Crippen molar-refractivity contribution in [2.24, 2.45) is 5.73 Å². The molecule has 4 N–H and O–H groups in total. The highest BCUT2D eigenvalue weighted by Gasteiger charge is 2.56. The van der Waals surface area contributed by atoms with Gasteiger partial charge in [-0.3, -0.25) is 14.3 Å². The molecule has 0 aliphatic carbocycles. The second-order valence-corrected chi connectivity index (χ2v) is 10.1. The number of unbranched alkanes of at least 4 members (excludes halogenated alkanes) is 1. The van der Waals surface area contributed by atoms with Crippen molar-refractivity contribution in [3.8, 4) is 11.3 Å². The fourth-order valence-corrected chi connectivity index (χ4v) is 6.11. The average molecular weight is 406 g/mol. The lowest BCUT2D eigenvalue weighted by atomic mass is 9.98. The predicted molar refractivity (Wildman–Crippen MR) is 107 cm³/mol. The van der Waals surface area contributed by atoms with Gasteiger partial charge in [-0.05, 0) is 37.1 Å². The topological polar surface area (TPSA) is 117 Å². The number of benzene rings is 1. The van der Waals surface area contributed by atoms with Crippen LogP contribution in [-0.2, 0) is 15.9 Å². The molecule has 1 aromatic heterocycles. The van der Waals surface area contributed by atoms with Crippen molar-refractivity contribution in [1.82, 2.24) is 4.90 Å². The lowest BCUT2D eigenvalue weighted by molar-refractivity contribution is -0.141. The first kappa shape index (κ1) is 20.8. The fraction of sp³-hybridized carbons (Fsp3) is 0.450. The number of aliphatic carboxylic acids is 1. The minimum absolute atomic E-state index is 0.0230. The van der Waals surface area contributed by atoms with Crippen LogP contribution in [0.1, 0.15) is 24.8 Å². The summed E-state index contributed by atoms with van der Waals surface area (Å²) in [5.74, 6) is -0.452. The van der Waals surface area contributed by atoms with E-state index in [1.54, 1.807) is 6.26 Å². The highest BCUT2D eigenvalue weighted by molar-refractivity contribution is 7.61. The molecule has 2 heterocycles. The number of hydrogen-bond donors (Lipinski definition) is 3. The van der Waals surface area contributed by atoms with Crippen molar-refractivity contribution < 1.29 is 23.8 Å². The van der Waals surface area contributed by atoms with Crippen LogP contribution < -0.4 is 5.73 Å². The molecule has 0 amide bonds. The van der Waals surface area contributed by atoms with E-state index in [1.807, 2.05) is 41.3 Å². The highest BCUT2D eigenvalue weighted by atomic mass is 31.2. The van der Waals surface area contributed by atoms with Gasteiger partial charge in [0, 0.05) is 31.4 Å². The zero-order chi connectivity index (χ0) is 20.2. The summed E-state index contributed by atoms with van der Waals surface area (Å²) >= 11 is 0. The third kappa shape index (κ3) is 4.08. The smallest absolute Gasteiger partial charge is 0.320 e. The van der Waals surface area contributed by atoms with Crippen LogP contribution in [0.25, 0.3) is 11.3 Å². The van der Waals surface area contributed by atoms with Gasteiger partial charge in [0.2, 0.25) is 7.37 Å². The summed E-state index contributed by atoms with van der Waals surface area (Å²) in [6, 6.07) is 11.5. The summed E-state index contributed by atoms with van der Waals surface area (Å²) in [4.78, 5) is 24.6. The Kier molecular flexibility index (Phi) is 6.40. The van der Waals surface area contributed by atoms with E-state index in [9.17, 15) is 19.4 Å². The van der Waals surface area contributed by atoms with E-state index in [1.165, 1.54) is 0 Å². The zero-order valence-electron chi connectivity index (χ0n) is 15.8. The molecular weight excluding hydrogens is 379 g/mol. The first-order valence-corrected chi connectivity index (χ1v) is 11.3. The second-order valence-electron chi connectivity index (χ2n) is 7.35. The number of furan rings is 1. The Labute approximate surface area is 164 Å². The molecule has 1 aromatic carbocycles. The van der Waals surface area contributed by atoms with Crippen molar-refractivity contribution in [3.05, 3.63) is 48.2 Å². The Balaban J connectivity index is 1.85. The van der Waals surface area contributed by atoms with Gasteiger partial charge in [0.25, 0.3) is 0 Å². The maximum atomic E-state index is 12.9. The van der Waals surface area contributed by atoms with Crippen molar-refractivity contribution >= 4 is 13.3 Å². The summed E-state index contributed by atoms with van der Waals surface area (Å²) < 4.78 is 18.4. The molecular formula is C20H27N2O5P. The summed E-state index contributed by atoms with van der Waals surface area (Å²) in [6.45, 7) is 1.35. The molecule has 2 aromatic rings. The third-order valence-corrected chi connectivity index (χ3v) is 8.21. The van der Waals surface area contributed by atoms with E-state index >= 15 is 0 Å². The molecule has 1 saturated heterocycles. The van der Waals surface area contributed by atoms with E-state index in [-0.39, 0.29) is 19.1 Å². The lowest BCUT2D eigenvalue weighted by Gasteiger charge is -2.43. The fourth-order valence-electron chi connectivity index (χ4n) is 3.90. The van der Waals surface area contributed by atoms with E-state index in [4.69, 9.17) is 10.2 Å². The van der Waals surface area contributed by atoms with Gasteiger partial charge >= 0.3 is 5.97 Å². The standard InChI is InChI=1S/C20H27N2O5P/c21-10-4-3-9-20(19(23)24)15-22(11-13-28(20,25)26)14-16-6-1-2-7-17(16)18-8-5-12-27-18/h1-2,5-8,12H,3-4,9-11,13-15,21H2,(H,23,24)(H,25,26). The lowest BCUT2D eigenvalue weighted by Crippen LogP contribution is -2.53. The number of nitrogens with two attached hydrogens (primary N) is 1. The normalized spacial score (nSPS) is 25.6. The van der Waals surface area contributed by atoms with Gasteiger partial charge in [-0.25, -0.2) is 0 Å². The van der Waals surface area contributed by atoms with Crippen molar-refractivity contribution in [1.29, 1.82) is 0 Å². The van der Waals surface area contributed by atoms with E-state index in [2.05, 4.69) is 0 Å². The van der Waals surface area contributed by atoms with Crippen LogP contribution in [0.4, 0.5) is 0 Å². The Hall–Kier alpha value is -1.92. The average Bonchev–Trinajstić information content (AvgIpc) is 3.19. The number of carboxylic acids is 1. The van der Waals surface area contributed by atoms with Crippen LogP contribution in [0.5, 0.6) is 0 Å². The third-order valence-electron chi connectivity index (χ3n) is 5.51. The van der Waals surface area contributed by atoms with Crippen molar-refractivity contribution in [2.75, 3.05) is 25.8 Å². The molecule has 0 saturated carbocycles. The summed E-state index contributed by atoms with van der Waals surface area (Å²) in [7, 11) is -3.83. The van der Waals surface area contributed by atoms with Crippen LogP contribution in [-0.4, -0.2) is 51.8 Å². The van der Waals surface area contributed by atoms with E-state index in [0.29, 0.717) is 32.5 Å². The van der Waals surface area contributed by atoms with Gasteiger partial charge in [-0.2, -0.15) is 0 Å². The maximum absolute atomic E-state index is 12.9. The SMILES string of the molecule is NCCCCC1(C(=O)O)CN(Cc2ccccc2-c2ccco2)CCP1(=O)O.